The maximum Gasteiger partial charge on any atom is 0.240 e. The van der Waals surface area contributed by atoms with Crippen molar-refractivity contribution in [3.8, 4) is 11.3 Å². The van der Waals surface area contributed by atoms with Crippen molar-refractivity contribution in [2.75, 3.05) is 11.4 Å². The number of carbonyl (C=O) groups is 2. The standard InChI is InChI=1S/C25H18BrCl2N3O2/c26-15-4-7-21-19(9-15)20-11-24(33)31(22-10-17(28)5-6-18(22)25(20)30-21)13-23(32)29-12-14-2-1-3-16(27)8-14/h1-10,30H,11-13H2,(H,29,32). The number of aromatic amines is 1. The number of nitrogens with one attached hydrogen (secondary N) is 2. The van der Waals surface area contributed by atoms with Crippen LogP contribution in [0.3, 0.4) is 0 Å². The third kappa shape index (κ3) is 4.38. The molecule has 8 heteroatoms. The van der Waals surface area contributed by atoms with E-state index in [1.54, 1.807) is 24.3 Å². The van der Waals surface area contributed by atoms with Crippen LogP contribution in [0.4, 0.5) is 5.69 Å². The second kappa shape index (κ2) is 8.86. The minimum absolute atomic E-state index is 0.112. The van der Waals surface area contributed by atoms with Crippen molar-refractivity contribution in [1.29, 1.82) is 0 Å². The summed E-state index contributed by atoms with van der Waals surface area (Å²) in [5.74, 6) is -0.441. The number of amides is 2. The largest absolute Gasteiger partial charge is 0.354 e. The van der Waals surface area contributed by atoms with Gasteiger partial charge in [0.05, 0.1) is 17.8 Å². The minimum atomic E-state index is -0.271. The fourth-order valence-electron chi connectivity index (χ4n) is 4.17. The average Bonchev–Trinajstić information content (AvgIpc) is 3.08. The Labute approximate surface area is 208 Å². The molecule has 5 rings (SSSR count). The molecule has 4 aromatic rings. The number of nitrogens with zero attached hydrogens (tertiary/aromatic N) is 1. The number of carbonyl (C=O) groups excluding carboxylic acids is 2. The molecule has 0 radical (unpaired) electrons. The number of anilines is 1. The van der Waals surface area contributed by atoms with E-state index in [2.05, 4.69) is 26.2 Å². The molecule has 0 saturated heterocycles. The van der Waals surface area contributed by atoms with E-state index >= 15 is 0 Å². The molecule has 33 heavy (non-hydrogen) atoms. The van der Waals surface area contributed by atoms with E-state index in [4.69, 9.17) is 23.2 Å². The van der Waals surface area contributed by atoms with E-state index in [1.807, 2.05) is 36.4 Å². The maximum absolute atomic E-state index is 13.4. The highest BCUT2D eigenvalue weighted by atomic mass is 79.9. The number of H-pyrrole nitrogens is 1. The maximum atomic E-state index is 13.4. The van der Waals surface area contributed by atoms with Gasteiger partial charge in [-0.15, -0.1) is 0 Å². The quantitative estimate of drug-likeness (QED) is 0.327. The van der Waals surface area contributed by atoms with E-state index in [0.29, 0.717) is 22.3 Å². The average molecular weight is 543 g/mol. The number of fused-ring (bicyclic) bond motifs is 5. The number of benzene rings is 3. The van der Waals surface area contributed by atoms with Crippen LogP contribution in [-0.2, 0) is 22.6 Å². The Kier molecular flexibility index (Phi) is 5.91. The van der Waals surface area contributed by atoms with Crippen LogP contribution in [0.5, 0.6) is 0 Å². The van der Waals surface area contributed by atoms with Crippen molar-refractivity contribution in [2.45, 2.75) is 13.0 Å². The number of hydrogen-bond acceptors (Lipinski definition) is 2. The lowest BCUT2D eigenvalue weighted by Crippen LogP contribution is -2.41. The molecular weight excluding hydrogens is 525 g/mol. The Hall–Kier alpha value is -2.80. The summed E-state index contributed by atoms with van der Waals surface area (Å²) in [6.45, 7) is 0.209. The van der Waals surface area contributed by atoms with Gasteiger partial charge < -0.3 is 15.2 Å². The van der Waals surface area contributed by atoms with Gasteiger partial charge in [0.25, 0.3) is 0 Å². The molecule has 1 aromatic heterocycles. The van der Waals surface area contributed by atoms with Gasteiger partial charge in [-0.2, -0.15) is 0 Å². The normalized spacial score (nSPS) is 12.9. The van der Waals surface area contributed by atoms with E-state index in [9.17, 15) is 9.59 Å². The lowest BCUT2D eigenvalue weighted by atomic mass is 10.0. The Bertz CT molecular complexity index is 1420. The zero-order chi connectivity index (χ0) is 23.1. The lowest BCUT2D eigenvalue weighted by Gasteiger charge is -2.23. The van der Waals surface area contributed by atoms with Crippen molar-refractivity contribution in [3.05, 3.63) is 86.3 Å². The number of hydrogen-bond donors (Lipinski definition) is 2. The molecule has 0 atom stereocenters. The molecule has 2 N–H and O–H groups in total. The molecule has 2 heterocycles. The van der Waals surface area contributed by atoms with Crippen LogP contribution in [-0.4, -0.2) is 23.3 Å². The van der Waals surface area contributed by atoms with Gasteiger partial charge >= 0.3 is 0 Å². The SMILES string of the molecule is O=C(CN1C(=O)Cc2c([nH]c3ccc(Br)cc23)-c2ccc(Cl)cc21)NCc1cccc(Cl)c1. The highest BCUT2D eigenvalue weighted by molar-refractivity contribution is 9.10. The smallest absolute Gasteiger partial charge is 0.240 e. The second-order valence-corrected chi connectivity index (χ2v) is 9.68. The summed E-state index contributed by atoms with van der Waals surface area (Å²) in [4.78, 5) is 31.2. The molecular formula is C25H18BrCl2N3O2. The summed E-state index contributed by atoms with van der Waals surface area (Å²) >= 11 is 15.8. The fraction of sp³-hybridized carbons (Fsp3) is 0.120. The van der Waals surface area contributed by atoms with Gasteiger partial charge in [0.15, 0.2) is 0 Å². The van der Waals surface area contributed by atoms with Crippen molar-refractivity contribution >= 4 is 67.5 Å². The monoisotopic (exact) mass is 541 g/mol. The number of rotatable bonds is 4. The van der Waals surface area contributed by atoms with E-state index < -0.39 is 0 Å². The molecule has 0 aliphatic carbocycles. The van der Waals surface area contributed by atoms with Gasteiger partial charge in [-0.05, 0) is 59.7 Å². The van der Waals surface area contributed by atoms with Gasteiger partial charge in [-0.25, -0.2) is 0 Å². The highest BCUT2D eigenvalue weighted by Crippen LogP contribution is 2.41. The van der Waals surface area contributed by atoms with Crippen LogP contribution in [0.15, 0.2) is 65.1 Å². The molecule has 0 bridgehead atoms. The van der Waals surface area contributed by atoms with Crippen molar-refractivity contribution in [1.82, 2.24) is 10.3 Å². The summed E-state index contributed by atoms with van der Waals surface area (Å²) in [6, 6.07) is 18.6. The Morgan fingerprint density at radius 1 is 1.06 bits per heavy atom. The first-order valence-corrected chi connectivity index (χ1v) is 11.9. The molecule has 5 nitrogen and oxygen atoms in total. The van der Waals surface area contributed by atoms with Gasteiger partial charge in [0.2, 0.25) is 11.8 Å². The molecule has 3 aromatic carbocycles. The molecule has 0 unspecified atom stereocenters. The first-order valence-electron chi connectivity index (χ1n) is 10.3. The molecule has 1 aliphatic rings. The molecule has 1 aliphatic heterocycles. The molecule has 2 amide bonds. The summed E-state index contributed by atoms with van der Waals surface area (Å²) in [5, 5.41) is 4.94. The van der Waals surface area contributed by atoms with Gasteiger partial charge in [0.1, 0.15) is 6.54 Å². The summed E-state index contributed by atoms with van der Waals surface area (Å²) < 4.78 is 0.932. The van der Waals surface area contributed by atoms with Crippen molar-refractivity contribution in [3.63, 3.8) is 0 Å². The topological polar surface area (TPSA) is 65.2 Å². The zero-order valence-corrected chi connectivity index (χ0v) is 20.4. The second-order valence-electron chi connectivity index (χ2n) is 7.89. The van der Waals surface area contributed by atoms with Crippen LogP contribution >= 0.6 is 39.1 Å². The molecule has 0 spiro atoms. The van der Waals surface area contributed by atoms with Crippen LogP contribution in [0.1, 0.15) is 11.1 Å². The molecule has 166 valence electrons. The molecule has 0 saturated carbocycles. The summed E-state index contributed by atoms with van der Waals surface area (Å²) in [7, 11) is 0. The Morgan fingerprint density at radius 3 is 2.70 bits per heavy atom. The van der Waals surface area contributed by atoms with Crippen LogP contribution in [0.25, 0.3) is 22.2 Å². The summed E-state index contributed by atoms with van der Waals surface area (Å²) in [6.07, 6.45) is 0.166. The predicted octanol–water partition coefficient (Wildman–Crippen LogP) is 6.11. The third-order valence-corrected chi connectivity index (χ3v) is 6.66. The van der Waals surface area contributed by atoms with E-state index in [1.165, 1.54) is 4.90 Å². The first-order chi connectivity index (χ1) is 15.9. The predicted molar refractivity (Wildman–Crippen MR) is 136 cm³/mol. The van der Waals surface area contributed by atoms with E-state index in [-0.39, 0.29) is 24.8 Å². The van der Waals surface area contributed by atoms with Crippen LogP contribution < -0.4 is 10.2 Å². The van der Waals surface area contributed by atoms with Crippen LogP contribution in [0, 0.1) is 0 Å². The van der Waals surface area contributed by atoms with Gasteiger partial charge in [-0.3, -0.25) is 9.59 Å². The van der Waals surface area contributed by atoms with E-state index in [0.717, 1.165) is 37.8 Å². The van der Waals surface area contributed by atoms with Crippen LogP contribution in [0.2, 0.25) is 10.0 Å². The zero-order valence-electron chi connectivity index (χ0n) is 17.3. The highest BCUT2D eigenvalue weighted by Gasteiger charge is 2.30. The lowest BCUT2D eigenvalue weighted by molar-refractivity contribution is -0.123. The number of halogens is 3. The number of aromatic nitrogens is 1. The fourth-order valence-corrected chi connectivity index (χ4v) is 4.91. The third-order valence-electron chi connectivity index (χ3n) is 5.70. The van der Waals surface area contributed by atoms with Crippen molar-refractivity contribution < 1.29 is 9.59 Å². The Balaban J connectivity index is 1.48. The molecule has 0 fully saturated rings. The minimum Gasteiger partial charge on any atom is -0.354 e. The van der Waals surface area contributed by atoms with Crippen molar-refractivity contribution in [2.24, 2.45) is 0 Å². The Morgan fingerprint density at radius 2 is 1.88 bits per heavy atom. The first kappa shape index (κ1) is 22.0. The van der Waals surface area contributed by atoms with Gasteiger partial charge in [0, 0.05) is 37.5 Å². The van der Waals surface area contributed by atoms with Gasteiger partial charge in [-0.1, -0.05) is 51.3 Å². The summed E-state index contributed by atoms with van der Waals surface area (Å²) in [5.41, 5.74) is 5.04.